The Hall–Kier alpha value is -1.84. The second kappa shape index (κ2) is 3.96. The van der Waals surface area contributed by atoms with Gasteiger partial charge in [-0.25, -0.2) is 4.79 Å². The fourth-order valence-corrected chi connectivity index (χ4v) is 1.40. The molecule has 1 heterocycles. The summed E-state index contributed by atoms with van der Waals surface area (Å²) >= 11 is 0. The van der Waals surface area contributed by atoms with Crippen LogP contribution in [0.15, 0.2) is 33.5 Å². The van der Waals surface area contributed by atoms with Gasteiger partial charge in [-0.05, 0) is 38.5 Å². The van der Waals surface area contributed by atoms with Gasteiger partial charge >= 0.3 is 5.76 Å². The van der Waals surface area contributed by atoms with Crippen molar-refractivity contribution in [3.05, 3.63) is 47.3 Å². The average Bonchev–Trinajstić information content (AvgIpc) is 2.60. The normalized spacial score (nSPS) is 11.0. The molecule has 2 radical (unpaired) electrons. The van der Waals surface area contributed by atoms with Crippen molar-refractivity contribution in [2.45, 2.75) is 19.9 Å². The van der Waals surface area contributed by atoms with Crippen LogP contribution in [0, 0.1) is 6.92 Å². The van der Waals surface area contributed by atoms with Crippen molar-refractivity contribution in [3.8, 4) is 11.5 Å². The molecule has 0 aliphatic carbocycles. The predicted octanol–water partition coefficient (Wildman–Crippen LogP) is 2.14. The van der Waals surface area contributed by atoms with Crippen LogP contribution < -0.4 is 5.76 Å². The van der Waals surface area contributed by atoms with Gasteiger partial charge in [-0.15, -0.1) is 5.10 Å². The Morgan fingerprint density at radius 2 is 2.19 bits per heavy atom. The van der Waals surface area contributed by atoms with Gasteiger partial charge in [0.1, 0.15) is 0 Å². The van der Waals surface area contributed by atoms with Crippen molar-refractivity contribution in [2.75, 3.05) is 0 Å². The summed E-state index contributed by atoms with van der Waals surface area (Å²) in [5.74, 6) is -0.154. The lowest BCUT2D eigenvalue weighted by atomic mass is 10.1. The molecule has 0 atom stereocenters. The van der Waals surface area contributed by atoms with E-state index in [1.54, 1.807) is 24.3 Å². The molecule has 82 valence electrons. The monoisotopic (exact) mass is 216 g/mol. The quantitative estimate of drug-likeness (QED) is 0.772. The highest BCUT2D eigenvalue weighted by atomic mass is 16.4. The summed E-state index contributed by atoms with van der Waals surface area (Å²) < 4.78 is 6.36. The first-order valence-electron chi connectivity index (χ1n) is 5.03. The molecule has 1 aromatic heterocycles. The van der Waals surface area contributed by atoms with Crippen LogP contribution in [-0.2, 0) is 0 Å². The summed E-state index contributed by atoms with van der Waals surface area (Å²) in [5.41, 5.74) is 1.32. The summed E-state index contributed by atoms with van der Waals surface area (Å²) in [6.07, 6.45) is 0. The first-order chi connectivity index (χ1) is 7.58. The molecule has 0 aliphatic rings. The summed E-state index contributed by atoms with van der Waals surface area (Å²) in [5, 5.41) is 4.10. The minimum absolute atomic E-state index is 0.0222. The van der Waals surface area contributed by atoms with Crippen LogP contribution in [0.4, 0.5) is 0 Å². The number of benzene rings is 1. The van der Waals surface area contributed by atoms with Gasteiger partial charge in [-0.1, -0.05) is 12.1 Å². The number of rotatable bonds is 2. The van der Waals surface area contributed by atoms with Crippen molar-refractivity contribution in [3.63, 3.8) is 0 Å². The van der Waals surface area contributed by atoms with Gasteiger partial charge in [0, 0.05) is 5.56 Å². The Balaban J connectivity index is 2.50. The summed E-state index contributed by atoms with van der Waals surface area (Å²) in [4.78, 5) is 11.4. The van der Waals surface area contributed by atoms with Gasteiger partial charge in [0.2, 0.25) is 5.89 Å². The van der Waals surface area contributed by atoms with E-state index in [1.165, 1.54) is 4.68 Å². The average molecular weight is 216 g/mol. The highest BCUT2D eigenvalue weighted by Gasteiger charge is 2.11. The van der Waals surface area contributed by atoms with Gasteiger partial charge in [-0.2, -0.15) is 4.68 Å². The van der Waals surface area contributed by atoms with E-state index in [0.29, 0.717) is 17.0 Å². The molecule has 0 aliphatic heterocycles. The third-order valence-corrected chi connectivity index (χ3v) is 2.19. The second-order valence-corrected chi connectivity index (χ2v) is 3.84. The highest BCUT2D eigenvalue weighted by molar-refractivity contribution is 5.54. The molecule has 1 aromatic carbocycles. The summed E-state index contributed by atoms with van der Waals surface area (Å²) in [6, 6.07) is 7.05. The zero-order valence-electron chi connectivity index (χ0n) is 9.18. The van der Waals surface area contributed by atoms with Gasteiger partial charge < -0.3 is 4.42 Å². The zero-order chi connectivity index (χ0) is 11.7. The van der Waals surface area contributed by atoms with Crippen molar-refractivity contribution < 1.29 is 4.42 Å². The molecule has 0 amide bonds. The molecule has 0 unspecified atom stereocenters. The Kier molecular flexibility index (Phi) is 2.64. The van der Waals surface area contributed by atoms with Crippen molar-refractivity contribution in [2.24, 2.45) is 0 Å². The second-order valence-electron chi connectivity index (χ2n) is 3.84. The molecule has 0 saturated carbocycles. The molecular formula is C12H12N2O2. The van der Waals surface area contributed by atoms with Gasteiger partial charge in [0.25, 0.3) is 0 Å². The van der Waals surface area contributed by atoms with E-state index in [0.717, 1.165) is 0 Å². The van der Waals surface area contributed by atoms with Crippen molar-refractivity contribution in [1.82, 2.24) is 9.78 Å². The molecule has 4 heteroatoms. The van der Waals surface area contributed by atoms with Crippen LogP contribution in [0.5, 0.6) is 0 Å². The Bertz CT molecular complexity index is 552. The minimum atomic E-state index is -0.451. The topological polar surface area (TPSA) is 48.0 Å². The smallest absolute Gasteiger partial charge is 0.388 e. The SMILES string of the molecule is [CH]c1cccc(-c2nn(C(C)C)c(=O)o2)c1. The molecule has 0 N–H and O–H groups in total. The van der Waals surface area contributed by atoms with Crippen LogP contribution in [0.1, 0.15) is 25.5 Å². The van der Waals surface area contributed by atoms with Gasteiger partial charge in [-0.3, -0.25) is 0 Å². The third kappa shape index (κ3) is 1.91. The van der Waals surface area contributed by atoms with E-state index in [2.05, 4.69) is 5.10 Å². The minimum Gasteiger partial charge on any atom is -0.388 e. The van der Waals surface area contributed by atoms with E-state index in [9.17, 15) is 4.79 Å². The van der Waals surface area contributed by atoms with Gasteiger partial charge in [0.05, 0.1) is 6.04 Å². The van der Waals surface area contributed by atoms with Crippen molar-refractivity contribution >= 4 is 0 Å². The Labute approximate surface area is 93.5 Å². The molecule has 0 saturated heterocycles. The van der Waals surface area contributed by atoms with E-state index in [1.807, 2.05) is 13.8 Å². The number of hydrogen-bond acceptors (Lipinski definition) is 3. The van der Waals surface area contributed by atoms with E-state index in [4.69, 9.17) is 11.3 Å². The fraction of sp³-hybridized carbons (Fsp3) is 0.250. The van der Waals surface area contributed by atoms with Crippen LogP contribution in [0.25, 0.3) is 11.5 Å². The van der Waals surface area contributed by atoms with E-state index >= 15 is 0 Å². The Morgan fingerprint density at radius 3 is 2.75 bits per heavy atom. The van der Waals surface area contributed by atoms with Crippen LogP contribution in [-0.4, -0.2) is 9.78 Å². The molecule has 0 bridgehead atoms. The number of nitrogens with zero attached hydrogens (tertiary/aromatic N) is 2. The maximum atomic E-state index is 11.4. The first-order valence-corrected chi connectivity index (χ1v) is 5.03. The van der Waals surface area contributed by atoms with Crippen LogP contribution in [0.3, 0.4) is 0 Å². The lowest BCUT2D eigenvalue weighted by Crippen LogP contribution is -2.17. The molecule has 2 rings (SSSR count). The lowest BCUT2D eigenvalue weighted by molar-refractivity contribution is 0.449. The summed E-state index contributed by atoms with van der Waals surface area (Å²) in [7, 11) is 0. The molecule has 0 fully saturated rings. The largest absolute Gasteiger partial charge is 0.437 e. The van der Waals surface area contributed by atoms with Crippen LogP contribution in [0.2, 0.25) is 0 Å². The molecule has 16 heavy (non-hydrogen) atoms. The molecule has 0 spiro atoms. The number of aromatic nitrogens is 2. The molecule has 4 nitrogen and oxygen atoms in total. The van der Waals surface area contributed by atoms with E-state index < -0.39 is 5.76 Å². The number of hydrogen-bond donors (Lipinski definition) is 0. The summed E-state index contributed by atoms with van der Waals surface area (Å²) in [6.45, 7) is 9.38. The maximum absolute atomic E-state index is 11.4. The standard InChI is InChI=1S/C12H12N2O2/c1-8(2)14-12(15)16-11(13-14)10-6-4-5-9(3)7-10/h3-8H,1-2H3. The maximum Gasteiger partial charge on any atom is 0.437 e. The van der Waals surface area contributed by atoms with Crippen molar-refractivity contribution in [1.29, 1.82) is 0 Å². The molecular weight excluding hydrogens is 204 g/mol. The fourth-order valence-electron chi connectivity index (χ4n) is 1.40. The van der Waals surface area contributed by atoms with Gasteiger partial charge in [0.15, 0.2) is 0 Å². The Morgan fingerprint density at radius 1 is 1.44 bits per heavy atom. The lowest BCUT2D eigenvalue weighted by Gasteiger charge is -1.99. The molecule has 2 aromatic rings. The zero-order valence-corrected chi connectivity index (χ0v) is 9.18. The highest BCUT2D eigenvalue weighted by Crippen LogP contribution is 2.17. The first kappa shape index (κ1) is 10.7. The van der Waals surface area contributed by atoms with Crippen LogP contribution >= 0.6 is 0 Å². The third-order valence-electron chi connectivity index (χ3n) is 2.19. The predicted molar refractivity (Wildman–Crippen MR) is 60.0 cm³/mol. The van der Waals surface area contributed by atoms with E-state index in [-0.39, 0.29) is 6.04 Å².